The van der Waals surface area contributed by atoms with Crippen molar-refractivity contribution in [1.29, 1.82) is 0 Å². The van der Waals surface area contributed by atoms with Gasteiger partial charge in [0.15, 0.2) is 0 Å². The summed E-state index contributed by atoms with van der Waals surface area (Å²) in [5.74, 6) is 0. The second-order valence-corrected chi connectivity index (χ2v) is 6.24. The first-order chi connectivity index (χ1) is 10.1. The van der Waals surface area contributed by atoms with Gasteiger partial charge in [-0.2, -0.15) is 0 Å². The molecule has 1 aromatic rings. The monoisotopic (exact) mass is 290 g/mol. The highest BCUT2D eigenvalue weighted by molar-refractivity contribution is 5.30. The summed E-state index contributed by atoms with van der Waals surface area (Å²) in [4.78, 5) is 2.54. The molecular weight excluding hydrogens is 260 g/mol. The highest BCUT2D eigenvalue weighted by Crippen LogP contribution is 2.21. The molecule has 1 heterocycles. The number of nitrogens with one attached hydrogen (secondary N) is 1. The summed E-state index contributed by atoms with van der Waals surface area (Å²) in [6.07, 6.45) is 2.87. The van der Waals surface area contributed by atoms with Gasteiger partial charge in [0.1, 0.15) is 0 Å². The third-order valence-electron chi connectivity index (χ3n) is 4.30. The second-order valence-electron chi connectivity index (χ2n) is 6.24. The summed E-state index contributed by atoms with van der Waals surface area (Å²) in [6, 6.07) is 7.24. The van der Waals surface area contributed by atoms with E-state index in [9.17, 15) is 0 Å². The number of nitrogens with zero attached hydrogens (tertiary/aromatic N) is 1. The first-order valence-electron chi connectivity index (χ1n) is 8.21. The lowest BCUT2D eigenvalue weighted by molar-refractivity contribution is 0.00367. The third kappa shape index (κ3) is 4.80. The first kappa shape index (κ1) is 16.5. The quantitative estimate of drug-likeness (QED) is 0.871. The Bertz CT molecular complexity index is 425. The maximum absolute atomic E-state index is 5.81. The molecule has 21 heavy (non-hydrogen) atoms. The number of benzene rings is 1. The van der Waals surface area contributed by atoms with Gasteiger partial charge in [-0.1, -0.05) is 29.3 Å². The maximum atomic E-state index is 5.81. The summed E-state index contributed by atoms with van der Waals surface area (Å²) >= 11 is 0. The Kier molecular flexibility index (Phi) is 6.22. The smallest absolute Gasteiger partial charge is 0.0702 e. The molecule has 0 radical (unpaired) electrons. The highest BCUT2D eigenvalue weighted by Gasteiger charge is 2.22. The Morgan fingerprint density at radius 3 is 2.62 bits per heavy atom. The SMILES string of the molecule is CCOC1CCCN(CC(NC)c2cc(C)cc(C)c2)C1. The molecule has 1 aliphatic heterocycles. The minimum Gasteiger partial charge on any atom is -0.377 e. The van der Waals surface area contributed by atoms with Gasteiger partial charge in [0.05, 0.1) is 6.10 Å². The zero-order chi connectivity index (χ0) is 15.2. The second kappa shape index (κ2) is 7.92. The van der Waals surface area contributed by atoms with Crippen LogP contribution in [0.3, 0.4) is 0 Å². The molecule has 3 nitrogen and oxygen atoms in total. The molecule has 0 aliphatic carbocycles. The van der Waals surface area contributed by atoms with E-state index in [1.54, 1.807) is 0 Å². The Labute approximate surface area is 129 Å². The van der Waals surface area contributed by atoms with Crippen LogP contribution >= 0.6 is 0 Å². The predicted octanol–water partition coefficient (Wildman–Crippen LogP) is 3.06. The van der Waals surface area contributed by atoms with Crippen LogP contribution in [0.2, 0.25) is 0 Å². The molecule has 118 valence electrons. The number of hydrogen-bond donors (Lipinski definition) is 1. The average Bonchev–Trinajstić information content (AvgIpc) is 2.44. The molecule has 0 bridgehead atoms. The van der Waals surface area contributed by atoms with E-state index in [0.29, 0.717) is 12.1 Å². The maximum Gasteiger partial charge on any atom is 0.0702 e. The fraction of sp³-hybridized carbons (Fsp3) is 0.667. The van der Waals surface area contributed by atoms with E-state index in [-0.39, 0.29) is 0 Å². The van der Waals surface area contributed by atoms with Gasteiger partial charge in [0.2, 0.25) is 0 Å². The van der Waals surface area contributed by atoms with Gasteiger partial charge in [0, 0.05) is 25.7 Å². The number of ether oxygens (including phenoxy) is 1. The largest absolute Gasteiger partial charge is 0.377 e. The molecule has 0 aromatic heterocycles. The number of hydrogen-bond acceptors (Lipinski definition) is 3. The number of piperidine rings is 1. The van der Waals surface area contributed by atoms with E-state index in [1.165, 1.54) is 36.1 Å². The zero-order valence-electron chi connectivity index (χ0n) is 14.0. The molecule has 3 heteroatoms. The lowest BCUT2D eigenvalue weighted by Gasteiger charge is -2.35. The van der Waals surface area contributed by atoms with Crippen LogP contribution in [0.25, 0.3) is 0 Å². The van der Waals surface area contributed by atoms with E-state index in [0.717, 1.165) is 19.7 Å². The molecule has 1 aromatic carbocycles. The van der Waals surface area contributed by atoms with Gasteiger partial charge in [-0.3, -0.25) is 4.90 Å². The topological polar surface area (TPSA) is 24.5 Å². The minimum atomic E-state index is 0.393. The van der Waals surface area contributed by atoms with Gasteiger partial charge in [-0.25, -0.2) is 0 Å². The molecule has 2 unspecified atom stereocenters. The van der Waals surface area contributed by atoms with Gasteiger partial charge < -0.3 is 10.1 Å². The molecular formula is C18H30N2O. The number of aryl methyl sites for hydroxylation is 2. The van der Waals surface area contributed by atoms with Crippen molar-refractivity contribution in [2.75, 3.05) is 33.3 Å². The summed E-state index contributed by atoms with van der Waals surface area (Å²) in [7, 11) is 2.06. The van der Waals surface area contributed by atoms with Crippen LogP contribution in [0, 0.1) is 13.8 Å². The third-order valence-corrected chi connectivity index (χ3v) is 4.30. The molecule has 0 spiro atoms. The van der Waals surface area contributed by atoms with E-state index < -0.39 is 0 Å². The Hall–Kier alpha value is -0.900. The van der Waals surface area contributed by atoms with Crippen molar-refractivity contribution in [2.24, 2.45) is 0 Å². The zero-order valence-corrected chi connectivity index (χ0v) is 14.0. The van der Waals surface area contributed by atoms with Gasteiger partial charge in [-0.15, -0.1) is 0 Å². The molecule has 1 aliphatic rings. The summed E-state index contributed by atoms with van der Waals surface area (Å²) in [5, 5.41) is 3.48. The highest BCUT2D eigenvalue weighted by atomic mass is 16.5. The molecule has 1 fully saturated rings. The van der Waals surface area contributed by atoms with Crippen molar-refractivity contribution in [3.63, 3.8) is 0 Å². The van der Waals surface area contributed by atoms with Gasteiger partial charge in [-0.05, 0) is 52.8 Å². The predicted molar refractivity (Wildman–Crippen MR) is 88.8 cm³/mol. The van der Waals surface area contributed by atoms with Crippen LogP contribution in [0.5, 0.6) is 0 Å². The lowest BCUT2D eigenvalue weighted by atomic mass is 10.00. The van der Waals surface area contributed by atoms with Crippen molar-refractivity contribution in [3.05, 3.63) is 34.9 Å². The van der Waals surface area contributed by atoms with Crippen LogP contribution in [0.15, 0.2) is 18.2 Å². The standard InChI is InChI=1S/C18H30N2O/c1-5-21-17-7-6-8-20(12-17)13-18(19-4)16-10-14(2)9-15(3)11-16/h9-11,17-19H,5-8,12-13H2,1-4H3. The molecule has 0 amide bonds. The number of likely N-dealkylation sites (tertiary alicyclic amines) is 1. The lowest BCUT2D eigenvalue weighted by Crippen LogP contribution is -2.43. The van der Waals surface area contributed by atoms with Gasteiger partial charge in [0.25, 0.3) is 0 Å². The van der Waals surface area contributed by atoms with Crippen molar-refractivity contribution in [2.45, 2.75) is 45.8 Å². The van der Waals surface area contributed by atoms with Crippen molar-refractivity contribution < 1.29 is 4.74 Å². The summed E-state index contributed by atoms with van der Waals surface area (Å²) in [6.45, 7) is 10.6. The van der Waals surface area contributed by atoms with Crippen molar-refractivity contribution in [3.8, 4) is 0 Å². The molecule has 1 saturated heterocycles. The Morgan fingerprint density at radius 2 is 2.00 bits per heavy atom. The molecule has 2 atom stereocenters. The van der Waals surface area contributed by atoms with Crippen LogP contribution in [0.4, 0.5) is 0 Å². The Balaban J connectivity index is 2.01. The molecule has 2 rings (SSSR count). The first-order valence-corrected chi connectivity index (χ1v) is 8.21. The molecule has 1 N–H and O–H groups in total. The van der Waals surface area contributed by atoms with E-state index in [4.69, 9.17) is 4.74 Å². The minimum absolute atomic E-state index is 0.393. The van der Waals surface area contributed by atoms with Crippen LogP contribution in [-0.2, 0) is 4.74 Å². The fourth-order valence-corrected chi connectivity index (χ4v) is 3.38. The normalized spacial score (nSPS) is 21.4. The van der Waals surface area contributed by atoms with Gasteiger partial charge >= 0.3 is 0 Å². The van der Waals surface area contributed by atoms with Crippen LogP contribution < -0.4 is 5.32 Å². The van der Waals surface area contributed by atoms with E-state index in [1.807, 2.05) is 0 Å². The summed E-state index contributed by atoms with van der Waals surface area (Å²) < 4.78 is 5.81. The number of likely N-dealkylation sites (N-methyl/N-ethyl adjacent to an activating group) is 1. The number of rotatable bonds is 6. The van der Waals surface area contributed by atoms with E-state index in [2.05, 4.69) is 56.2 Å². The molecule has 0 saturated carbocycles. The summed E-state index contributed by atoms with van der Waals surface area (Å²) in [5.41, 5.74) is 4.08. The van der Waals surface area contributed by atoms with E-state index >= 15 is 0 Å². The Morgan fingerprint density at radius 1 is 1.29 bits per heavy atom. The fourth-order valence-electron chi connectivity index (χ4n) is 3.38. The average molecular weight is 290 g/mol. The van der Waals surface area contributed by atoms with Crippen molar-refractivity contribution >= 4 is 0 Å². The van der Waals surface area contributed by atoms with Crippen molar-refractivity contribution in [1.82, 2.24) is 10.2 Å². The van der Waals surface area contributed by atoms with Crippen LogP contribution in [-0.4, -0.2) is 44.3 Å². The van der Waals surface area contributed by atoms with Crippen LogP contribution in [0.1, 0.15) is 42.5 Å².